The first-order chi connectivity index (χ1) is 34.2. The topological polar surface area (TPSA) is 189 Å². The van der Waals surface area contributed by atoms with Crippen molar-refractivity contribution in [2.45, 2.75) is 319 Å². The highest BCUT2D eigenvalue weighted by Gasteiger charge is 2.44. The molecule has 8 N–H and O–H groups in total. The minimum atomic E-state index is -1.67. The van der Waals surface area contributed by atoms with Gasteiger partial charge in [0.15, 0.2) is 6.29 Å². The summed E-state index contributed by atoms with van der Waals surface area (Å²) in [5.41, 5.74) is 0. The molecule has 1 rings (SSSR count). The minimum absolute atomic E-state index is 0.243. The zero-order valence-corrected chi connectivity index (χ0v) is 45.0. The van der Waals surface area contributed by atoms with Crippen LogP contribution < -0.4 is 5.32 Å². The molecule has 0 aliphatic carbocycles. The molecule has 0 radical (unpaired) electrons. The van der Waals surface area contributed by atoms with Crippen LogP contribution in [0, 0.1) is 0 Å². The van der Waals surface area contributed by atoms with Gasteiger partial charge in [0.1, 0.15) is 36.6 Å². The molecule has 11 heteroatoms. The maximum absolute atomic E-state index is 13.1. The van der Waals surface area contributed by atoms with Crippen LogP contribution in [0.4, 0.5) is 0 Å². The van der Waals surface area contributed by atoms with E-state index in [-0.39, 0.29) is 12.8 Å². The number of allylic oxidation sites excluding steroid dienone is 6. The van der Waals surface area contributed by atoms with Gasteiger partial charge in [0.2, 0.25) is 5.91 Å². The van der Waals surface area contributed by atoms with Gasteiger partial charge in [0, 0.05) is 0 Å². The Morgan fingerprint density at radius 2 is 0.857 bits per heavy atom. The number of aliphatic hydroxyl groups excluding tert-OH is 7. The van der Waals surface area contributed by atoms with Crippen LogP contribution in [0.15, 0.2) is 36.5 Å². The average Bonchev–Trinajstić information content (AvgIpc) is 3.36. The molecule has 0 aromatic rings. The van der Waals surface area contributed by atoms with E-state index in [0.29, 0.717) is 19.3 Å². The van der Waals surface area contributed by atoms with Crippen LogP contribution in [0.25, 0.3) is 0 Å². The van der Waals surface area contributed by atoms with Gasteiger partial charge in [0.25, 0.3) is 0 Å². The summed E-state index contributed by atoms with van der Waals surface area (Å²) in [7, 11) is 0. The summed E-state index contributed by atoms with van der Waals surface area (Å²) in [5.74, 6) is -0.710. The summed E-state index contributed by atoms with van der Waals surface area (Å²) >= 11 is 0. The van der Waals surface area contributed by atoms with Crippen LogP contribution in [0.5, 0.6) is 0 Å². The number of carbonyl (C=O) groups is 1. The Hall–Kier alpha value is -1.67. The van der Waals surface area contributed by atoms with Gasteiger partial charge < -0.3 is 50.5 Å². The number of amides is 1. The SMILES string of the molecule is CCCCCCCCCCCCCCCCC/C=C/CC/C=C/CC/C=C/CCCC(O)C(O)C(COC1OC(CO)C(O)C(O)C1O)NC(=O)C(O)CCCCCCCCCCCCCCCCC. The monoisotopic (exact) mass is 994 g/mol. The smallest absolute Gasteiger partial charge is 0.249 e. The van der Waals surface area contributed by atoms with Gasteiger partial charge in [-0.1, -0.05) is 237 Å². The van der Waals surface area contributed by atoms with E-state index in [9.17, 15) is 40.5 Å². The van der Waals surface area contributed by atoms with E-state index in [2.05, 4.69) is 55.6 Å². The summed E-state index contributed by atoms with van der Waals surface area (Å²) in [5, 5.41) is 76.0. The Bertz CT molecular complexity index is 1230. The Balaban J connectivity index is 2.32. The first-order valence-corrected chi connectivity index (χ1v) is 29.4. The molecule has 1 fully saturated rings. The van der Waals surface area contributed by atoms with Gasteiger partial charge in [-0.3, -0.25) is 4.79 Å². The largest absolute Gasteiger partial charge is 0.394 e. The Labute approximate surface area is 428 Å². The normalized spacial score (nSPS) is 20.5. The Morgan fingerprint density at radius 3 is 1.27 bits per heavy atom. The van der Waals surface area contributed by atoms with E-state index in [1.807, 2.05) is 0 Å². The predicted octanol–water partition coefficient (Wildman–Crippen LogP) is 12.3. The van der Waals surface area contributed by atoms with Gasteiger partial charge in [0.05, 0.1) is 25.4 Å². The van der Waals surface area contributed by atoms with Crippen molar-refractivity contribution < 1.29 is 50.0 Å². The standard InChI is InChI=1S/C59H111NO10/c1-3-5-7-9-11-13-15-17-19-20-21-22-23-24-25-26-27-28-29-30-31-33-34-36-38-40-42-44-46-51(62)54(64)50(49-69-59-57(67)56(66)55(65)53(48-61)70-59)60-58(68)52(63)47-45-43-41-39-37-35-32-18-16-14-12-10-8-6-4-2/h27-28,31,33,38,40,50-57,59,61-67H,3-26,29-30,32,34-37,39,41-49H2,1-2H3,(H,60,68)/b28-27+,33-31+,40-38+. The fraction of sp³-hybridized carbons (Fsp3) is 0.881. The summed E-state index contributed by atoms with van der Waals surface area (Å²) in [6, 6.07) is -1.19. The first kappa shape index (κ1) is 66.3. The van der Waals surface area contributed by atoms with Crippen molar-refractivity contribution in [3.05, 3.63) is 36.5 Å². The second-order valence-corrected chi connectivity index (χ2v) is 20.7. The maximum Gasteiger partial charge on any atom is 0.249 e. The van der Waals surface area contributed by atoms with Crippen LogP contribution in [-0.2, 0) is 14.3 Å². The molecule has 0 aromatic carbocycles. The van der Waals surface area contributed by atoms with E-state index in [1.54, 1.807) is 0 Å². The lowest BCUT2D eigenvalue weighted by Crippen LogP contribution is -2.60. The van der Waals surface area contributed by atoms with E-state index in [1.165, 1.54) is 173 Å². The number of rotatable bonds is 50. The highest BCUT2D eigenvalue weighted by Crippen LogP contribution is 2.23. The molecule has 70 heavy (non-hydrogen) atoms. The molecule has 0 bridgehead atoms. The molecule has 0 saturated carbocycles. The van der Waals surface area contributed by atoms with E-state index in [0.717, 1.165) is 44.9 Å². The molecule has 1 saturated heterocycles. The van der Waals surface area contributed by atoms with E-state index in [4.69, 9.17) is 9.47 Å². The Kier molecular flexibility index (Phi) is 45.8. The number of hydrogen-bond donors (Lipinski definition) is 8. The second kappa shape index (κ2) is 48.3. The molecular formula is C59H111NO10. The summed E-state index contributed by atoms with van der Waals surface area (Å²) < 4.78 is 11.1. The van der Waals surface area contributed by atoms with Crippen LogP contribution in [-0.4, -0.2) is 110 Å². The number of unbranched alkanes of at least 4 members (excludes halogenated alkanes) is 32. The number of aliphatic hydroxyl groups is 7. The van der Waals surface area contributed by atoms with Crippen LogP contribution >= 0.6 is 0 Å². The molecule has 1 aliphatic heterocycles. The molecule has 1 aliphatic rings. The molecule has 1 amide bonds. The van der Waals surface area contributed by atoms with E-state index < -0.39 is 74.2 Å². The van der Waals surface area contributed by atoms with Gasteiger partial charge in [-0.15, -0.1) is 0 Å². The highest BCUT2D eigenvalue weighted by molar-refractivity contribution is 5.80. The fourth-order valence-electron chi connectivity index (χ4n) is 9.36. The molecule has 9 unspecified atom stereocenters. The Morgan fingerprint density at radius 1 is 0.486 bits per heavy atom. The predicted molar refractivity (Wildman–Crippen MR) is 289 cm³/mol. The maximum atomic E-state index is 13.1. The lowest BCUT2D eigenvalue weighted by atomic mass is 9.98. The minimum Gasteiger partial charge on any atom is -0.394 e. The summed E-state index contributed by atoms with van der Waals surface area (Å²) in [6.07, 6.45) is 47.8. The van der Waals surface area contributed by atoms with Crippen LogP contribution in [0.3, 0.4) is 0 Å². The molecule has 11 nitrogen and oxygen atoms in total. The number of ether oxygens (including phenoxy) is 2. The average molecular weight is 995 g/mol. The third-order valence-electron chi connectivity index (χ3n) is 14.2. The third kappa shape index (κ3) is 36.3. The van der Waals surface area contributed by atoms with Gasteiger partial charge in [-0.25, -0.2) is 0 Å². The van der Waals surface area contributed by atoms with Crippen molar-refractivity contribution in [3.8, 4) is 0 Å². The fourth-order valence-corrected chi connectivity index (χ4v) is 9.36. The van der Waals surface area contributed by atoms with Gasteiger partial charge >= 0.3 is 0 Å². The molecule has 412 valence electrons. The lowest BCUT2D eigenvalue weighted by molar-refractivity contribution is -0.303. The third-order valence-corrected chi connectivity index (χ3v) is 14.2. The number of hydrogen-bond acceptors (Lipinski definition) is 10. The lowest BCUT2D eigenvalue weighted by Gasteiger charge is -2.40. The van der Waals surface area contributed by atoms with Crippen LogP contribution in [0.1, 0.15) is 264 Å². The van der Waals surface area contributed by atoms with Gasteiger partial charge in [-0.05, 0) is 64.2 Å². The van der Waals surface area contributed by atoms with E-state index >= 15 is 0 Å². The molecular weight excluding hydrogens is 883 g/mol. The van der Waals surface area contributed by atoms with Crippen molar-refractivity contribution in [2.75, 3.05) is 13.2 Å². The quantitative estimate of drug-likeness (QED) is 0.0215. The van der Waals surface area contributed by atoms with Crippen molar-refractivity contribution >= 4 is 5.91 Å². The molecule has 0 spiro atoms. The van der Waals surface area contributed by atoms with Gasteiger partial charge in [-0.2, -0.15) is 0 Å². The van der Waals surface area contributed by atoms with Crippen molar-refractivity contribution in [3.63, 3.8) is 0 Å². The zero-order chi connectivity index (χ0) is 51.1. The molecule has 1 heterocycles. The molecule has 0 aromatic heterocycles. The molecule has 9 atom stereocenters. The van der Waals surface area contributed by atoms with Crippen LogP contribution in [0.2, 0.25) is 0 Å². The number of nitrogens with one attached hydrogen (secondary N) is 1. The number of carbonyl (C=O) groups excluding carboxylic acids is 1. The van der Waals surface area contributed by atoms with Crippen molar-refractivity contribution in [2.24, 2.45) is 0 Å². The highest BCUT2D eigenvalue weighted by atomic mass is 16.7. The zero-order valence-electron chi connectivity index (χ0n) is 45.0. The van der Waals surface area contributed by atoms with Crippen molar-refractivity contribution in [1.82, 2.24) is 5.32 Å². The second-order valence-electron chi connectivity index (χ2n) is 20.7. The van der Waals surface area contributed by atoms with Crippen molar-refractivity contribution in [1.29, 1.82) is 0 Å². The first-order valence-electron chi connectivity index (χ1n) is 29.4. The summed E-state index contributed by atoms with van der Waals surface area (Å²) in [4.78, 5) is 13.1. The summed E-state index contributed by atoms with van der Waals surface area (Å²) in [6.45, 7) is 3.45.